The Labute approximate surface area is 246 Å². The first-order valence-corrected chi connectivity index (χ1v) is 15.4. The van der Waals surface area contributed by atoms with Crippen molar-refractivity contribution in [3.05, 3.63) is 76.3 Å². The molecule has 9 nitrogen and oxygen atoms in total. The summed E-state index contributed by atoms with van der Waals surface area (Å²) in [6, 6.07) is 13.1. The van der Waals surface area contributed by atoms with Crippen LogP contribution in [0.3, 0.4) is 0 Å². The lowest BCUT2D eigenvalue weighted by atomic mass is 9.99. The van der Waals surface area contributed by atoms with Gasteiger partial charge in [-0.3, -0.25) is 9.59 Å². The van der Waals surface area contributed by atoms with E-state index in [9.17, 15) is 26.8 Å². The number of hydrogen-bond donors (Lipinski definition) is 2. The second-order valence-electron chi connectivity index (χ2n) is 9.24. The molecule has 0 spiro atoms. The molecule has 1 atom stereocenters. The van der Waals surface area contributed by atoms with Crippen molar-refractivity contribution in [3.63, 3.8) is 0 Å². The number of benzene rings is 3. The number of fused-ring (bicyclic) bond motifs is 1. The summed E-state index contributed by atoms with van der Waals surface area (Å²) in [5, 5.41) is 5.67. The molecule has 0 aliphatic carbocycles. The van der Waals surface area contributed by atoms with E-state index < -0.39 is 39.2 Å². The zero-order valence-electron chi connectivity index (χ0n) is 21.5. The Morgan fingerprint density at radius 3 is 2.59 bits per heavy atom. The van der Waals surface area contributed by atoms with Crippen LogP contribution < -0.4 is 15.4 Å². The highest BCUT2D eigenvalue weighted by atomic mass is 79.9. The number of nitrogens with zero attached hydrogens (tertiary/aromatic N) is 2. The van der Waals surface area contributed by atoms with Gasteiger partial charge in [-0.15, -0.1) is 0 Å². The average Bonchev–Trinajstić information content (AvgIpc) is 3.35. The van der Waals surface area contributed by atoms with Crippen molar-refractivity contribution in [1.29, 1.82) is 0 Å². The van der Waals surface area contributed by atoms with Gasteiger partial charge in [0.2, 0.25) is 15.9 Å². The number of thiazole rings is 1. The number of amides is 2. The third-order valence-electron chi connectivity index (χ3n) is 6.58. The lowest BCUT2D eigenvalue weighted by Crippen LogP contribution is -2.43. The van der Waals surface area contributed by atoms with Crippen molar-refractivity contribution >= 4 is 70.1 Å². The van der Waals surface area contributed by atoms with Gasteiger partial charge in [0, 0.05) is 23.2 Å². The van der Waals surface area contributed by atoms with Gasteiger partial charge in [0.15, 0.2) is 22.5 Å². The average molecular weight is 666 g/mol. The molecule has 0 saturated carbocycles. The molecule has 214 valence electrons. The molecular weight excluding hydrogens is 642 g/mol. The third-order valence-corrected chi connectivity index (χ3v) is 9.92. The predicted octanol–water partition coefficient (Wildman–Crippen LogP) is 5.64. The molecule has 1 aliphatic heterocycles. The first-order chi connectivity index (χ1) is 19.6. The van der Waals surface area contributed by atoms with Gasteiger partial charge < -0.3 is 15.4 Å². The van der Waals surface area contributed by atoms with E-state index in [1.807, 2.05) is 0 Å². The zero-order valence-corrected chi connectivity index (χ0v) is 24.7. The maximum absolute atomic E-state index is 14.5. The van der Waals surface area contributed by atoms with Gasteiger partial charge in [0.1, 0.15) is 0 Å². The Kier molecular flexibility index (Phi) is 8.36. The molecular formula is C27H23BrF2N4O5S2. The van der Waals surface area contributed by atoms with Gasteiger partial charge in [-0.1, -0.05) is 27.3 Å². The molecule has 2 amide bonds. The van der Waals surface area contributed by atoms with Crippen LogP contribution in [0.25, 0.3) is 10.2 Å². The number of aromatic nitrogens is 1. The largest absolute Gasteiger partial charge is 0.491 e. The van der Waals surface area contributed by atoms with Crippen molar-refractivity contribution in [2.45, 2.75) is 17.7 Å². The van der Waals surface area contributed by atoms with E-state index in [2.05, 4.69) is 31.5 Å². The maximum Gasteiger partial charge on any atom is 0.258 e. The number of ether oxygens (including phenoxy) is 1. The molecule has 1 aliphatic rings. The van der Waals surface area contributed by atoms with Crippen LogP contribution in [0.4, 0.5) is 19.6 Å². The first kappa shape index (κ1) is 29.0. The molecule has 1 unspecified atom stereocenters. The smallest absolute Gasteiger partial charge is 0.258 e. The number of carbonyl (C=O) groups is 2. The lowest BCUT2D eigenvalue weighted by Gasteiger charge is -2.31. The van der Waals surface area contributed by atoms with Gasteiger partial charge in [-0.05, 0) is 67.4 Å². The molecule has 1 saturated heterocycles. The SMILES string of the molecule is COc1c(F)ccc(C(=O)Nc2ccc3nc(NC(=O)C4CCCN(S(=O)(=O)c5ccc(Br)cc5)C4)sc3c2)c1F. The minimum atomic E-state index is -3.75. The van der Waals surface area contributed by atoms with Gasteiger partial charge in [0.05, 0.1) is 33.7 Å². The normalized spacial score (nSPS) is 16.0. The molecule has 0 radical (unpaired) electrons. The van der Waals surface area contributed by atoms with Crippen molar-refractivity contribution in [3.8, 4) is 5.75 Å². The van der Waals surface area contributed by atoms with Gasteiger partial charge in [0.25, 0.3) is 5.91 Å². The van der Waals surface area contributed by atoms with E-state index >= 15 is 0 Å². The fourth-order valence-electron chi connectivity index (χ4n) is 4.49. The predicted molar refractivity (Wildman–Crippen MR) is 155 cm³/mol. The highest BCUT2D eigenvalue weighted by molar-refractivity contribution is 9.10. The molecule has 1 aromatic heterocycles. The second-order valence-corrected chi connectivity index (χ2v) is 13.1. The second kappa shape index (κ2) is 11.8. The van der Waals surface area contributed by atoms with E-state index in [0.29, 0.717) is 40.4 Å². The molecule has 2 N–H and O–H groups in total. The summed E-state index contributed by atoms with van der Waals surface area (Å²) in [4.78, 5) is 30.3. The number of carbonyl (C=O) groups excluding carboxylic acids is 2. The van der Waals surface area contributed by atoms with Crippen molar-refractivity contribution in [2.75, 3.05) is 30.8 Å². The van der Waals surface area contributed by atoms with Crippen molar-refractivity contribution in [2.24, 2.45) is 5.92 Å². The van der Waals surface area contributed by atoms with Crippen LogP contribution in [0.15, 0.2) is 64.0 Å². The molecule has 2 heterocycles. The number of halogens is 3. The quantitative estimate of drug-likeness (QED) is 0.264. The summed E-state index contributed by atoms with van der Waals surface area (Å²) >= 11 is 4.47. The van der Waals surface area contributed by atoms with Gasteiger partial charge in [-0.2, -0.15) is 4.31 Å². The molecule has 3 aromatic carbocycles. The van der Waals surface area contributed by atoms with Crippen LogP contribution in [0.2, 0.25) is 0 Å². The summed E-state index contributed by atoms with van der Waals surface area (Å²) in [5.41, 5.74) is 0.512. The number of nitrogens with one attached hydrogen (secondary N) is 2. The summed E-state index contributed by atoms with van der Waals surface area (Å²) in [6.07, 6.45) is 1.07. The fourth-order valence-corrected chi connectivity index (χ4v) is 7.18. The summed E-state index contributed by atoms with van der Waals surface area (Å²) < 4.78 is 61.8. The molecule has 4 aromatic rings. The number of hydrogen-bond acceptors (Lipinski definition) is 7. The lowest BCUT2D eigenvalue weighted by molar-refractivity contribution is -0.120. The Hall–Kier alpha value is -3.46. The zero-order chi connectivity index (χ0) is 29.3. The van der Waals surface area contributed by atoms with Gasteiger partial charge >= 0.3 is 0 Å². The maximum atomic E-state index is 14.5. The van der Waals surface area contributed by atoms with Crippen molar-refractivity contribution < 1.29 is 31.5 Å². The topological polar surface area (TPSA) is 118 Å². The van der Waals surface area contributed by atoms with Crippen LogP contribution in [-0.2, 0) is 14.8 Å². The molecule has 5 rings (SSSR count). The van der Waals surface area contributed by atoms with E-state index in [1.54, 1.807) is 30.3 Å². The van der Waals surface area contributed by atoms with Crippen LogP contribution in [-0.4, -0.2) is 49.7 Å². The van der Waals surface area contributed by atoms with Crippen LogP contribution in [0.5, 0.6) is 5.75 Å². The number of anilines is 2. The molecule has 14 heteroatoms. The van der Waals surface area contributed by atoms with E-state index in [-0.39, 0.29) is 22.9 Å². The third kappa shape index (κ3) is 6.10. The fraction of sp³-hybridized carbons (Fsp3) is 0.222. The van der Waals surface area contributed by atoms with Gasteiger partial charge in [-0.25, -0.2) is 22.2 Å². The Bertz CT molecular complexity index is 1750. The highest BCUT2D eigenvalue weighted by Crippen LogP contribution is 2.31. The number of piperidine rings is 1. The molecule has 41 heavy (non-hydrogen) atoms. The van der Waals surface area contributed by atoms with E-state index in [4.69, 9.17) is 4.74 Å². The first-order valence-electron chi connectivity index (χ1n) is 12.4. The monoisotopic (exact) mass is 664 g/mol. The number of methoxy groups -OCH3 is 1. The number of rotatable bonds is 7. The highest BCUT2D eigenvalue weighted by Gasteiger charge is 2.33. The summed E-state index contributed by atoms with van der Waals surface area (Å²) in [6.45, 7) is 0.377. The molecule has 1 fully saturated rings. The summed E-state index contributed by atoms with van der Waals surface area (Å²) in [7, 11) is -2.64. The number of sulfonamides is 1. The van der Waals surface area contributed by atoms with Crippen LogP contribution in [0, 0.1) is 17.6 Å². The Morgan fingerprint density at radius 2 is 1.85 bits per heavy atom. The van der Waals surface area contributed by atoms with Crippen molar-refractivity contribution in [1.82, 2.24) is 9.29 Å². The minimum Gasteiger partial charge on any atom is -0.491 e. The van der Waals surface area contributed by atoms with Crippen LogP contribution in [0.1, 0.15) is 23.2 Å². The van der Waals surface area contributed by atoms with E-state index in [1.165, 1.54) is 27.8 Å². The standard InChI is InChI=1S/C27H23BrF2N4O5S2/c1-39-24-20(29)10-9-19(23(24)30)26(36)31-17-6-11-21-22(13-17)40-27(32-21)33-25(35)15-3-2-12-34(14-15)41(37,38)18-7-4-16(28)5-8-18/h4-11,13,15H,2-3,12,14H2,1H3,(H,31,36)(H,32,33,35). The summed E-state index contributed by atoms with van der Waals surface area (Å²) in [5.74, 6) is -4.37. The van der Waals surface area contributed by atoms with E-state index in [0.717, 1.165) is 23.7 Å². The molecule has 0 bridgehead atoms. The van der Waals surface area contributed by atoms with Crippen LogP contribution >= 0.6 is 27.3 Å². The minimum absolute atomic E-state index is 0.0516. The Balaban J connectivity index is 1.27. The Morgan fingerprint density at radius 1 is 1.10 bits per heavy atom.